The van der Waals surface area contributed by atoms with Crippen molar-refractivity contribution in [3.8, 4) is 11.3 Å². The molecular formula is C16H21AlN2. The summed E-state index contributed by atoms with van der Waals surface area (Å²) < 4.78 is 1.49. The van der Waals surface area contributed by atoms with Gasteiger partial charge in [-0.3, -0.25) is 9.97 Å². The van der Waals surface area contributed by atoms with Crippen molar-refractivity contribution in [2.45, 2.75) is 38.8 Å². The van der Waals surface area contributed by atoms with Crippen molar-refractivity contribution in [1.82, 2.24) is 9.97 Å². The molecule has 0 amide bonds. The highest BCUT2D eigenvalue weighted by molar-refractivity contribution is 6.72. The van der Waals surface area contributed by atoms with Crippen molar-refractivity contribution in [3.05, 3.63) is 41.3 Å². The van der Waals surface area contributed by atoms with Gasteiger partial charge in [0.1, 0.15) is 0 Å². The fourth-order valence-corrected chi connectivity index (χ4v) is 4.48. The third-order valence-electron chi connectivity index (χ3n) is 3.63. The fraction of sp³-hybridized carbons (Fsp3) is 0.375. The summed E-state index contributed by atoms with van der Waals surface area (Å²) in [4.78, 5) is 9.37. The van der Waals surface area contributed by atoms with Gasteiger partial charge < -0.3 is 0 Å². The first-order valence-electron chi connectivity index (χ1n) is 6.97. The minimum Gasteiger partial charge on any atom is -0.259 e. The molecule has 19 heavy (non-hydrogen) atoms. The highest BCUT2D eigenvalue weighted by Crippen LogP contribution is 2.23. The number of nitrogens with zero attached hydrogens (tertiary/aromatic N) is 2. The van der Waals surface area contributed by atoms with E-state index in [1.54, 1.807) is 0 Å². The molecule has 3 heteroatoms. The summed E-state index contributed by atoms with van der Waals surface area (Å²) in [6, 6.07) is 6.15. The van der Waals surface area contributed by atoms with Crippen molar-refractivity contribution < 1.29 is 0 Å². The molecule has 0 unspecified atom stereocenters. The molecule has 98 valence electrons. The number of pyridine rings is 2. The number of aryl methyl sites for hydroxylation is 2. The normalized spacial score (nSPS) is 10.6. The van der Waals surface area contributed by atoms with E-state index in [1.165, 1.54) is 21.2 Å². The highest BCUT2D eigenvalue weighted by atomic mass is 27.2. The Hall–Kier alpha value is -1.17. The zero-order valence-electron chi connectivity index (χ0n) is 12.5. The Kier molecular flexibility index (Phi) is 4.39. The van der Waals surface area contributed by atoms with E-state index in [-0.39, 0.29) is 0 Å². The standard InChI is InChI=1S/C14H15N2.2CH3.Al/c1-4-12-9-13(10(2)11(3)16-12)14-7-5-6-8-15-14;;;/h5-8H,4H2,1-3H3;2*1H3;. The van der Waals surface area contributed by atoms with Crippen LogP contribution in [0.15, 0.2) is 24.4 Å². The maximum atomic E-state index is 4.81. The Morgan fingerprint density at radius 3 is 2.42 bits per heavy atom. The van der Waals surface area contributed by atoms with Gasteiger partial charge in [0.25, 0.3) is 0 Å². The Bertz CT molecular complexity index is 577. The minimum absolute atomic E-state index is 0.946. The molecule has 0 saturated carbocycles. The molecule has 0 radical (unpaired) electrons. The van der Waals surface area contributed by atoms with E-state index < -0.39 is 14.1 Å². The van der Waals surface area contributed by atoms with Gasteiger partial charge >= 0.3 is 14.1 Å². The average molecular weight is 268 g/mol. The lowest BCUT2D eigenvalue weighted by Gasteiger charge is -2.19. The molecule has 0 fully saturated rings. The first-order valence-corrected chi connectivity index (χ1v) is 9.86. The van der Waals surface area contributed by atoms with Gasteiger partial charge in [0, 0.05) is 17.6 Å². The van der Waals surface area contributed by atoms with Crippen LogP contribution >= 0.6 is 0 Å². The average Bonchev–Trinajstić information content (AvgIpc) is 2.41. The van der Waals surface area contributed by atoms with Crippen molar-refractivity contribution >= 4 is 18.6 Å². The van der Waals surface area contributed by atoms with Gasteiger partial charge in [-0.1, -0.05) is 17.4 Å². The van der Waals surface area contributed by atoms with Crippen LogP contribution in [0.5, 0.6) is 0 Å². The molecular weight excluding hydrogens is 247 g/mol. The third-order valence-corrected chi connectivity index (χ3v) is 5.41. The summed E-state index contributed by atoms with van der Waals surface area (Å²) in [6.07, 6.45) is 2.88. The zero-order valence-corrected chi connectivity index (χ0v) is 13.6. The van der Waals surface area contributed by atoms with Crippen LogP contribution in [0.4, 0.5) is 0 Å². The van der Waals surface area contributed by atoms with E-state index in [1.807, 2.05) is 12.3 Å². The van der Waals surface area contributed by atoms with Crippen molar-refractivity contribution in [2.24, 2.45) is 0 Å². The molecule has 0 aromatic carbocycles. The van der Waals surface area contributed by atoms with E-state index in [0.717, 1.165) is 17.8 Å². The van der Waals surface area contributed by atoms with Crippen LogP contribution in [0.25, 0.3) is 11.3 Å². The van der Waals surface area contributed by atoms with Gasteiger partial charge in [-0.15, -0.1) is 11.6 Å². The molecule has 0 aliphatic carbocycles. The molecule has 2 heterocycles. The topological polar surface area (TPSA) is 25.8 Å². The molecule has 0 saturated heterocycles. The van der Waals surface area contributed by atoms with Gasteiger partial charge in [-0.2, -0.15) is 0 Å². The molecule has 0 aliphatic rings. The largest absolute Gasteiger partial charge is 0.303 e. The number of aromatic nitrogens is 2. The summed E-state index contributed by atoms with van der Waals surface area (Å²) in [6.45, 7) is 6.47. The molecule has 0 aliphatic heterocycles. The van der Waals surface area contributed by atoms with Crippen LogP contribution in [-0.2, 0) is 6.42 Å². The van der Waals surface area contributed by atoms with E-state index in [0.29, 0.717) is 0 Å². The first kappa shape index (κ1) is 14.2. The van der Waals surface area contributed by atoms with E-state index >= 15 is 0 Å². The minimum atomic E-state index is -0.946. The smallest absolute Gasteiger partial charge is 0.259 e. The van der Waals surface area contributed by atoms with E-state index in [9.17, 15) is 0 Å². The maximum Gasteiger partial charge on any atom is 0.303 e. The Balaban J connectivity index is 2.80. The van der Waals surface area contributed by atoms with Gasteiger partial charge in [-0.05, 0) is 43.5 Å². The predicted molar refractivity (Wildman–Crippen MR) is 83.4 cm³/mol. The lowest BCUT2D eigenvalue weighted by atomic mass is 10.0. The molecule has 0 bridgehead atoms. The van der Waals surface area contributed by atoms with Crippen LogP contribution in [0.3, 0.4) is 0 Å². The Labute approximate surface area is 120 Å². The van der Waals surface area contributed by atoms with E-state index in [4.69, 9.17) is 4.98 Å². The lowest BCUT2D eigenvalue weighted by Crippen LogP contribution is -2.31. The SMILES string of the molecule is CCc1nc(C)c(C)c(-c2ccccn2)[c]1[Al]([CH3])[CH3]. The predicted octanol–water partition coefficient (Wildman–Crippen LogP) is 3.28. The summed E-state index contributed by atoms with van der Waals surface area (Å²) in [7, 11) is 0. The van der Waals surface area contributed by atoms with Crippen molar-refractivity contribution in [1.29, 1.82) is 0 Å². The summed E-state index contributed by atoms with van der Waals surface area (Å²) in [5.41, 5.74) is 6.12. The second-order valence-corrected chi connectivity index (χ2v) is 8.17. The fourth-order valence-electron chi connectivity index (χ4n) is 2.61. The maximum absolute atomic E-state index is 4.81. The van der Waals surface area contributed by atoms with Gasteiger partial charge in [-0.25, -0.2) is 0 Å². The Morgan fingerprint density at radius 2 is 1.89 bits per heavy atom. The van der Waals surface area contributed by atoms with Crippen molar-refractivity contribution in [3.63, 3.8) is 0 Å². The van der Waals surface area contributed by atoms with Crippen LogP contribution < -0.4 is 4.43 Å². The Morgan fingerprint density at radius 1 is 1.16 bits per heavy atom. The second-order valence-electron chi connectivity index (χ2n) is 5.28. The second kappa shape index (κ2) is 5.86. The molecule has 2 aromatic rings. The third kappa shape index (κ3) is 2.73. The van der Waals surface area contributed by atoms with Crippen LogP contribution in [-0.4, -0.2) is 24.1 Å². The zero-order chi connectivity index (χ0) is 14.0. The van der Waals surface area contributed by atoms with Crippen LogP contribution in [0.2, 0.25) is 11.6 Å². The quantitative estimate of drug-likeness (QED) is 0.798. The van der Waals surface area contributed by atoms with Gasteiger partial charge in [0.2, 0.25) is 0 Å². The molecule has 2 aromatic heterocycles. The number of hydrogen-bond donors (Lipinski definition) is 0. The van der Waals surface area contributed by atoms with Crippen LogP contribution in [0, 0.1) is 13.8 Å². The summed E-state index contributed by atoms with van der Waals surface area (Å²) >= 11 is -0.946. The monoisotopic (exact) mass is 268 g/mol. The van der Waals surface area contributed by atoms with Gasteiger partial charge in [0.05, 0.1) is 5.69 Å². The molecule has 0 spiro atoms. The molecule has 0 N–H and O–H groups in total. The number of rotatable bonds is 3. The van der Waals surface area contributed by atoms with Crippen LogP contribution in [0.1, 0.15) is 23.9 Å². The van der Waals surface area contributed by atoms with Gasteiger partial charge in [0.15, 0.2) is 0 Å². The molecule has 2 rings (SSSR count). The summed E-state index contributed by atoms with van der Waals surface area (Å²) in [5.74, 6) is 4.74. The molecule has 2 nitrogen and oxygen atoms in total. The first-order chi connectivity index (χ1) is 9.06. The molecule has 0 atom stereocenters. The van der Waals surface area contributed by atoms with Crippen molar-refractivity contribution in [2.75, 3.05) is 0 Å². The lowest BCUT2D eigenvalue weighted by molar-refractivity contribution is 1.00. The number of hydrogen-bond acceptors (Lipinski definition) is 2. The summed E-state index contributed by atoms with van der Waals surface area (Å²) in [5, 5.41) is 0. The van der Waals surface area contributed by atoms with E-state index in [2.05, 4.69) is 49.5 Å². The highest BCUT2D eigenvalue weighted by Gasteiger charge is 2.21.